The molecule has 0 aromatic heterocycles. The summed E-state index contributed by atoms with van der Waals surface area (Å²) in [5, 5.41) is 6.22. The first-order valence-corrected chi connectivity index (χ1v) is 7.23. The van der Waals surface area contributed by atoms with E-state index in [1.54, 1.807) is 35.5 Å². The number of halogens is 3. The summed E-state index contributed by atoms with van der Waals surface area (Å²) in [5.74, 6) is 0.310. The Kier molecular flexibility index (Phi) is 3.72. The lowest BCUT2D eigenvalue weighted by Crippen LogP contribution is -2.16. The highest BCUT2D eigenvalue weighted by Gasteiger charge is 2.23. The predicted octanol–water partition coefficient (Wildman–Crippen LogP) is 4.35. The molecule has 102 valence electrons. The van der Waals surface area contributed by atoms with Gasteiger partial charge in [-0.1, -0.05) is 45.7 Å². The molecular formula is C14H10BrClFN3. The van der Waals surface area contributed by atoms with E-state index in [2.05, 4.69) is 26.0 Å². The third-order valence-electron chi connectivity index (χ3n) is 3.00. The highest BCUT2D eigenvalue weighted by atomic mass is 79.9. The molecule has 0 aliphatic carbocycles. The van der Waals surface area contributed by atoms with Gasteiger partial charge in [0.15, 0.2) is 5.82 Å². The van der Waals surface area contributed by atoms with Crippen molar-refractivity contribution in [1.29, 1.82) is 0 Å². The van der Waals surface area contributed by atoms with Gasteiger partial charge in [-0.05, 0) is 12.1 Å². The van der Waals surface area contributed by atoms with E-state index in [0.717, 1.165) is 4.48 Å². The molecule has 0 unspecified atom stereocenters. The lowest BCUT2D eigenvalue weighted by molar-refractivity contribution is 0.471. The predicted molar refractivity (Wildman–Crippen MR) is 82.4 cm³/mol. The molecule has 0 fully saturated rings. The molecule has 20 heavy (non-hydrogen) atoms. The quantitative estimate of drug-likeness (QED) is 0.689. The maximum Gasteiger partial charge on any atom is 0.165 e. The number of aliphatic imine (C=N–C) groups is 1. The largest absolute Gasteiger partial charge is 0.232 e. The minimum absolute atomic E-state index is 0.291. The van der Waals surface area contributed by atoms with Gasteiger partial charge in [-0.2, -0.15) is 5.10 Å². The summed E-state index contributed by atoms with van der Waals surface area (Å²) in [6.45, 7) is 0. The third-order valence-corrected chi connectivity index (χ3v) is 4.00. The van der Waals surface area contributed by atoms with Crippen molar-refractivity contribution in [2.75, 3.05) is 0 Å². The lowest BCUT2D eigenvalue weighted by atomic mass is 10.1. The summed E-state index contributed by atoms with van der Waals surface area (Å²) in [4.78, 5) is 4.55. The van der Waals surface area contributed by atoms with Crippen molar-refractivity contribution in [3.8, 4) is 0 Å². The molecule has 0 spiro atoms. The molecule has 0 saturated heterocycles. The van der Waals surface area contributed by atoms with Gasteiger partial charge in [0.05, 0.1) is 5.71 Å². The zero-order valence-corrected chi connectivity index (χ0v) is 12.7. The molecular weight excluding hydrogens is 345 g/mol. The first-order chi connectivity index (χ1) is 9.66. The molecule has 2 aliphatic rings. The standard InChI is InChI=1S/C14H10BrClFN3/c15-10-7-8-18-20-13(16)6-5-12(19-14(10)20)9-3-1-2-4-11(9)17/h1-4,6,8H,5,7H2. The summed E-state index contributed by atoms with van der Waals surface area (Å²) in [5.41, 5.74) is 1.12. The van der Waals surface area contributed by atoms with Gasteiger partial charge < -0.3 is 0 Å². The molecule has 0 bridgehead atoms. The molecule has 0 saturated carbocycles. The highest BCUT2D eigenvalue weighted by molar-refractivity contribution is 9.11. The Morgan fingerprint density at radius 1 is 1.25 bits per heavy atom. The number of allylic oxidation sites excluding steroid dienone is 2. The van der Waals surface area contributed by atoms with Crippen molar-refractivity contribution in [2.24, 2.45) is 10.1 Å². The Morgan fingerprint density at radius 3 is 2.85 bits per heavy atom. The fraction of sp³-hybridized carbons (Fsp3) is 0.143. The van der Waals surface area contributed by atoms with Crippen LogP contribution >= 0.6 is 27.5 Å². The lowest BCUT2D eigenvalue weighted by Gasteiger charge is -2.21. The van der Waals surface area contributed by atoms with Crippen molar-refractivity contribution >= 4 is 39.5 Å². The zero-order valence-electron chi connectivity index (χ0n) is 10.4. The topological polar surface area (TPSA) is 28.0 Å². The normalized spacial score (nSPS) is 18.4. The summed E-state index contributed by atoms with van der Waals surface area (Å²) in [6.07, 6.45) is 4.62. The van der Waals surface area contributed by atoms with Gasteiger partial charge >= 0.3 is 0 Å². The SMILES string of the molecule is Fc1ccccc1C1=NC2=C(Br)CC=NN2C(Cl)=CC1. The number of hydrogen-bond acceptors (Lipinski definition) is 3. The molecule has 2 heterocycles. The second-order valence-electron chi connectivity index (χ2n) is 4.31. The molecule has 1 aromatic rings. The van der Waals surface area contributed by atoms with Crippen LogP contribution in [0, 0.1) is 5.82 Å². The molecule has 0 amide bonds. The van der Waals surface area contributed by atoms with Crippen LogP contribution in [0.3, 0.4) is 0 Å². The van der Waals surface area contributed by atoms with Gasteiger partial charge in [-0.25, -0.2) is 14.4 Å². The van der Waals surface area contributed by atoms with Crippen LogP contribution in [-0.2, 0) is 0 Å². The number of hydrazone groups is 1. The summed E-state index contributed by atoms with van der Waals surface area (Å²) < 4.78 is 14.8. The van der Waals surface area contributed by atoms with E-state index in [4.69, 9.17) is 11.6 Å². The number of nitrogens with zero attached hydrogens (tertiary/aromatic N) is 3. The summed E-state index contributed by atoms with van der Waals surface area (Å²) in [6, 6.07) is 6.59. The van der Waals surface area contributed by atoms with Gasteiger partial charge in [-0.3, -0.25) is 0 Å². The molecule has 0 radical (unpaired) electrons. The van der Waals surface area contributed by atoms with E-state index in [0.29, 0.717) is 35.1 Å². The minimum atomic E-state index is -0.291. The fourth-order valence-electron chi connectivity index (χ4n) is 2.03. The summed E-state index contributed by atoms with van der Waals surface area (Å²) in [7, 11) is 0. The first kappa shape index (κ1) is 13.5. The van der Waals surface area contributed by atoms with Gasteiger partial charge in [0.25, 0.3) is 0 Å². The van der Waals surface area contributed by atoms with Gasteiger partial charge in [0.1, 0.15) is 11.0 Å². The molecule has 0 N–H and O–H groups in total. The molecule has 1 aromatic carbocycles. The molecule has 6 heteroatoms. The van der Waals surface area contributed by atoms with Crippen LogP contribution in [0.1, 0.15) is 18.4 Å². The zero-order chi connectivity index (χ0) is 14.1. The number of hydrogen-bond donors (Lipinski definition) is 0. The van der Waals surface area contributed by atoms with Crippen molar-refractivity contribution < 1.29 is 4.39 Å². The van der Waals surface area contributed by atoms with Gasteiger partial charge in [0.2, 0.25) is 0 Å². The van der Waals surface area contributed by atoms with Crippen molar-refractivity contribution in [1.82, 2.24) is 5.01 Å². The highest BCUT2D eigenvalue weighted by Crippen LogP contribution is 2.32. The smallest absolute Gasteiger partial charge is 0.165 e. The van der Waals surface area contributed by atoms with Crippen LogP contribution in [0.2, 0.25) is 0 Å². The van der Waals surface area contributed by atoms with Crippen LogP contribution < -0.4 is 0 Å². The van der Waals surface area contributed by atoms with Gasteiger partial charge in [0, 0.05) is 29.1 Å². The minimum Gasteiger partial charge on any atom is -0.232 e. The van der Waals surface area contributed by atoms with Crippen LogP contribution in [0.5, 0.6) is 0 Å². The third kappa shape index (κ3) is 2.43. The fourth-order valence-corrected chi connectivity index (χ4v) is 2.64. The van der Waals surface area contributed by atoms with E-state index in [1.165, 1.54) is 6.07 Å². The number of rotatable bonds is 1. The van der Waals surface area contributed by atoms with Crippen LogP contribution in [0.15, 0.2) is 55.9 Å². The second kappa shape index (κ2) is 5.50. The average molecular weight is 355 g/mol. The Balaban J connectivity index is 2.12. The van der Waals surface area contributed by atoms with E-state index in [9.17, 15) is 4.39 Å². The van der Waals surface area contributed by atoms with Gasteiger partial charge in [-0.15, -0.1) is 0 Å². The summed E-state index contributed by atoms with van der Waals surface area (Å²) >= 11 is 9.67. The number of fused-ring (bicyclic) bond motifs is 1. The monoisotopic (exact) mass is 353 g/mol. The Hall–Kier alpha value is -1.46. The Bertz CT molecular complexity index is 679. The van der Waals surface area contributed by atoms with Crippen molar-refractivity contribution in [2.45, 2.75) is 12.8 Å². The molecule has 2 aliphatic heterocycles. The van der Waals surface area contributed by atoms with E-state index in [1.807, 2.05) is 0 Å². The van der Waals surface area contributed by atoms with Crippen LogP contribution in [0.25, 0.3) is 0 Å². The van der Waals surface area contributed by atoms with Crippen molar-refractivity contribution in [3.05, 3.63) is 57.2 Å². The van der Waals surface area contributed by atoms with Crippen LogP contribution in [0.4, 0.5) is 4.39 Å². The average Bonchev–Trinajstić information content (AvgIpc) is 2.61. The van der Waals surface area contributed by atoms with E-state index < -0.39 is 0 Å². The second-order valence-corrected chi connectivity index (χ2v) is 5.66. The molecule has 3 nitrogen and oxygen atoms in total. The Labute approximate surface area is 129 Å². The Morgan fingerprint density at radius 2 is 2.05 bits per heavy atom. The maximum absolute atomic E-state index is 13.9. The van der Waals surface area contributed by atoms with Crippen molar-refractivity contribution in [3.63, 3.8) is 0 Å². The number of benzene rings is 1. The van der Waals surface area contributed by atoms with Crippen LogP contribution in [-0.4, -0.2) is 16.9 Å². The first-order valence-electron chi connectivity index (χ1n) is 6.06. The molecule has 0 atom stereocenters. The van der Waals surface area contributed by atoms with E-state index >= 15 is 0 Å². The maximum atomic E-state index is 13.9. The molecule has 3 rings (SSSR count). The van der Waals surface area contributed by atoms with E-state index in [-0.39, 0.29) is 5.82 Å².